The molecule has 1 aliphatic heterocycles. The number of allylic oxidation sites excluding steroid dienone is 1. The third-order valence-corrected chi connectivity index (χ3v) is 2.79. The Kier molecular flexibility index (Phi) is 3.59. The Balaban J connectivity index is 2.08. The molecule has 0 aromatic heterocycles. The van der Waals surface area contributed by atoms with Gasteiger partial charge in [-0.15, -0.1) is 0 Å². The number of aliphatic hydroxyl groups excluding tert-OH is 1. The Morgan fingerprint density at radius 1 is 1.35 bits per heavy atom. The van der Waals surface area contributed by atoms with Crippen LogP contribution in [0.4, 0.5) is 0 Å². The monoisotopic (exact) mass is 232 g/mol. The lowest BCUT2D eigenvalue weighted by molar-refractivity contribution is -0.126. The Labute approximate surface area is 101 Å². The molecule has 1 heterocycles. The largest absolute Gasteiger partial charge is 0.483 e. The lowest BCUT2D eigenvalue weighted by Crippen LogP contribution is -2.25. The summed E-state index contributed by atoms with van der Waals surface area (Å²) in [6, 6.07) is 9.11. The number of carbonyl (C=O) groups excluding carboxylic acids is 1. The third kappa shape index (κ3) is 2.56. The van der Waals surface area contributed by atoms with Crippen LogP contribution in [0.5, 0.6) is 0 Å². The summed E-state index contributed by atoms with van der Waals surface area (Å²) in [6.45, 7) is 2.02. The van der Waals surface area contributed by atoms with Crippen LogP contribution in [0.1, 0.15) is 31.4 Å². The van der Waals surface area contributed by atoms with E-state index in [2.05, 4.69) is 0 Å². The summed E-state index contributed by atoms with van der Waals surface area (Å²) in [7, 11) is 0. The highest BCUT2D eigenvalue weighted by atomic mass is 16.5. The molecule has 0 aliphatic carbocycles. The second-order valence-electron chi connectivity index (χ2n) is 4.16. The van der Waals surface area contributed by atoms with Crippen LogP contribution in [0, 0.1) is 0 Å². The number of aliphatic hydroxyl groups is 1. The molecular weight excluding hydrogens is 216 g/mol. The van der Waals surface area contributed by atoms with Crippen molar-refractivity contribution in [1.29, 1.82) is 0 Å². The second-order valence-corrected chi connectivity index (χ2v) is 4.16. The maximum atomic E-state index is 11.7. The van der Waals surface area contributed by atoms with Crippen molar-refractivity contribution in [3.63, 3.8) is 0 Å². The molecule has 0 saturated carbocycles. The highest BCUT2D eigenvalue weighted by Crippen LogP contribution is 2.28. The minimum Gasteiger partial charge on any atom is -0.483 e. The molecular formula is C14H16O3. The highest BCUT2D eigenvalue weighted by molar-refractivity contribution is 5.96. The average Bonchev–Trinajstić information content (AvgIpc) is 2.71. The molecule has 3 heteroatoms. The van der Waals surface area contributed by atoms with Gasteiger partial charge in [-0.25, -0.2) is 0 Å². The first kappa shape index (κ1) is 11.9. The molecule has 2 atom stereocenters. The minimum atomic E-state index is -0.894. The van der Waals surface area contributed by atoms with E-state index < -0.39 is 12.2 Å². The molecule has 0 bridgehead atoms. The van der Waals surface area contributed by atoms with Crippen LogP contribution in [-0.4, -0.2) is 17.0 Å². The van der Waals surface area contributed by atoms with Crippen molar-refractivity contribution in [3.05, 3.63) is 47.7 Å². The molecule has 1 aliphatic rings. The molecule has 1 N–H and O–H groups in total. The summed E-state index contributed by atoms with van der Waals surface area (Å²) >= 11 is 0. The molecule has 0 spiro atoms. The van der Waals surface area contributed by atoms with Gasteiger partial charge in [-0.05, 0) is 12.0 Å². The zero-order valence-electron chi connectivity index (χ0n) is 9.80. The van der Waals surface area contributed by atoms with Crippen molar-refractivity contribution < 1.29 is 14.6 Å². The van der Waals surface area contributed by atoms with Gasteiger partial charge in [0.25, 0.3) is 0 Å². The first-order valence-electron chi connectivity index (χ1n) is 5.86. The van der Waals surface area contributed by atoms with Gasteiger partial charge in [-0.3, -0.25) is 4.79 Å². The van der Waals surface area contributed by atoms with Gasteiger partial charge in [-0.1, -0.05) is 37.3 Å². The van der Waals surface area contributed by atoms with Crippen molar-refractivity contribution in [2.24, 2.45) is 0 Å². The number of carbonyl (C=O) groups is 1. The van der Waals surface area contributed by atoms with E-state index in [9.17, 15) is 9.90 Å². The van der Waals surface area contributed by atoms with Gasteiger partial charge in [-0.2, -0.15) is 0 Å². The SMILES string of the molecule is CCCC1=CC(=O)[C@@H]([C@@H](O)c2ccccc2)O1. The zero-order valence-corrected chi connectivity index (χ0v) is 9.80. The molecule has 17 heavy (non-hydrogen) atoms. The molecule has 1 aromatic carbocycles. The molecule has 90 valence electrons. The predicted octanol–water partition coefficient (Wildman–Crippen LogP) is 2.37. The van der Waals surface area contributed by atoms with Gasteiger partial charge in [0.1, 0.15) is 11.9 Å². The van der Waals surface area contributed by atoms with Crippen molar-refractivity contribution in [3.8, 4) is 0 Å². The molecule has 2 rings (SSSR count). The Morgan fingerprint density at radius 2 is 2.06 bits per heavy atom. The fourth-order valence-electron chi connectivity index (χ4n) is 1.92. The van der Waals surface area contributed by atoms with Gasteiger partial charge in [0.15, 0.2) is 6.10 Å². The van der Waals surface area contributed by atoms with E-state index in [1.165, 1.54) is 6.08 Å². The van der Waals surface area contributed by atoms with Crippen molar-refractivity contribution >= 4 is 5.78 Å². The van der Waals surface area contributed by atoms with Crippen LogP contribution in [0.2, 0.25) is 0 Å². The number of hydrogen-bond donors (Lipinski definition) is 1. The Morgan fingerprint density at radius 3 is 2.71 bits per heavy atom. The third-order valence-electron chi connectivity index (χ3n) is 2.79. The Bertz CT molecular complexity index is 422. The lowest BCUT2D eigenvalue weighted by Gasteiger charge is -2.18. The van der Waals surface area contributed by atoms with Crippen molar-refractivity contribution in [2.45, 2.75) is 32.0 Å². The minimum absolute atomic E-state index is 0.148. The van der Waals surface area contributed by atoms with Crippen LogP contribution in [-0.2, 0) is 9.53 Å². The van der Waals surface area contributed by atoms with E-state index in [-0.39, 0.29) is 5.78 Å². The van der Waals surface area contributed by atoms with Crippen molar-refractivity contribution in [1.82, 2.24) is 0 Å². The molecule has 0 amide bonds. The fourth-order valence-corrected chi connectivity index (χ4v) is 1.92. The van der Waals surface area contributed by atoms with Gasteiger partial charge >= 0.3 is 0 Å². The summed E-state index contributed by atoms with van der Waals surface area (Å²) in [6.07, 6.45) is 1.49. The van der Waals surface area contributed by atoms with Crippen LogP contribution >= 0.6 is 0 Å². The topological polar surface area (TPSA) is 46.5 Å². The first-order chi connectivity index (χ1) is 8.22. The summed E-state index contributed by atoms with van der Waals surface area (Å²) in [4.78, 5) is 11.7. The van der Waals surface area contributed by atoms with E-state index in [1.807, 2.05) is 25.1 Å². The first-order valence-corrected chi connectivity index (χ1v) is 5.86. The van der Waals surface area contributed by atoms with E-state index in [0.717, 1.165) is 12.8 Å². The quantitative estimate of drug-likeness (QED) is 0.866. The summed E-state index contributed by atoms with van der Waals surface area (Å²) in [5.74, 6) is 0.530. The zero-order chi connectivity index (χ0) is 12.3. The highest BCUT2D eigenvalue weighted by Gasteiger charge is 2.33. The summed E-state index contributed by atoms with van der Waals surface area (Å²) in [5.41, 5.74) is 0.706. The summed E-state index contributed by atoms with van der Waals surface area (Å²) < 4.78 is 5.49. The van der Waals surface area contributed by atoms with E-state index >= 15 is 0 Å². The predicted molar refractivity (Wildman–Crippen MR) is 64.3 cm³/mol. The smallest absolute Gasteiger partial charge is 0.202 e. The van der Waals surface area contributed by atoms with Gasteiger partial charge in [0.05, 0.1) is 0 Å². The fraction of sp³-hybridized carbons (Fsp3) is 0.357. The second kappa shape index (κ2) is 5.15. The molecule has 1 aromatic rings. The molecule has 0 fully saturated rings. The molecule has 0 radical (unpaired) electrons. The van der Waals surface area contributed by atoms with Crippen LogP contribution in [0.25, 0.3) is 0 Å². The van der Waals surface area contributed by atoms with Gasteiger partial charge < -0.3 is 9.84 Å². The van der Waals surface area contributed by atoms with Gasteiger partial charge in [0, 0.05) is 12.5 Å². The van der Waals surface area contributed by atoms with E-state index in [1.54, 1.807) is 12.1 Å². The maximum absolute atomic E-state index is 11.7. The molecule has 0 saturated heterocycles. The van der Waals surface area contributed by atoms with E-state index in [4.69, 9.17) is 4.74 Å². The average molecular weight is 232 g/mol. The lowest BCUT2D eigenvalue weighted by atomic mass is 10.0. The van der Waals surface area contributed by atoms with Crippen molar-refractivity contribution in [2.75, 3.05) is 0 Å². The standard InChI is InChI=1S/C14H16O3/c1-2-6-11-9-12(15)14(17-11)13(16)10-7-4-3-5-8-10/h3-5,7-9,13-14,16H,2,6H2,1H3/t13-,14-/m0/s1. The molecule has 3 nitrogen and oxygen atoms in total. The van der Waals surface area contributed by atoms with Gasteiger partial charge in [0.2, 0.25) is 5.78 Å². The summed E-state index contributed by atoms with van der Waals surface area (Å²) in [5, 5.41) is 10.1. The van der Waals surface area contributed by atoms with Crippen LogP contribution in [0.3, 0.4) is 0 Å². The number of rotatable bonds is 4. The Hall–Kier alpha value is -1.61. The maximum Gasteiger partial charge on any atom is 0.202 e. The number of ketones is 1. The number of benzene rings is 1. The number of hydrogen-bond acceptors (Lipinski definition) is 3. The van der Waals surface area contributed by atoms with E-state index in [0.29, 0.717) is 11.3 Å². The van der Waals surface area contributed by atoms with Crippen LogP contribution in [0.15, 0.2) is 42.2 Å². The van der Waals surface area contributed by atoms with Crippen LogP contribution < -0.4 is 0 Å². The normalized spacial score (nSPS) is 20.9. The molecule has 0 unspecified atom stereocenters. The number of ether oxygens (including phenoxy) is 1.